The van der Waals surface area contributed by atoms with Crippen molar-refractivity contribution in [2.45, 2.75) is 25.9 Å². The smallest absolute Gasteiger partial charge is 0.303 e. The summed E-state index contributed by atoms with van der Waals surface area (Å²) in [6, 6.07) is 10.9. The number of nitrogens with zero attached hydrogens (tertiary/aromatic N) is 2. The predicted octanol–water partition coefficient (Wildman–Crippen LogP) is 2.76. The Morgan fingerprint density at radius 1 is 1.20 bits per heavy atom. The first-order valence-electron chi connectivity index (χ1n) is 8.00. The van der Waals surface area contributed by atoms with Crippen LogP contribution in [-0.4, -0.2) is 36.9 Å². The number of benzene rings is 1. The van der Waals surface area contributed by atoms with Gasteiger partial charge in [-0.2, -0.15) is 12.7 Å². The molecule has 1 fully saturated rings. The molecule has 25 heavy (non-hydrogen) atoms. The lowest BCUT2D eigenvalue weighted by Gasteiger charge is -2.37. The molecule has 0 saturated carbocycles. The second kappa shape index (κ2) is 6.97. The summed E-state index contributed by atoms with van der Waals surface area (Å²) >= 11 is 0. The van der Waals surface area contributed by atoms with Gasteiger partial charge in [-0.3, -0.25) is 4.72 Å². The average molecular weight is 365 g/mol. The van der Waals surface area contributed by atoms with Crippen molar-refractivity contribution in [2.75, 3.05) is 17.8 Å². The first-order chi connectivity index (χ1) is 11.8. The Bertz CT molecular complexity index is 834. The molecule has 0 radical (unpaired) electrons. The van der Waals surface area contributed by atoms with E-state index in [-0.39, 0.29) is 30.9 Å². The maximum atomic E-state index is 12.9. The molecule has 134 valence electrons. The molecule has 0 bridgehead atoms. The molecule has 1 N–H and O–H groups in total. The third kappa shape index (κ3) is 4.26. The van der Waals surface area contributed by atoms with E-state index in [2.05, 4.69) is 9.71 Å². The van der Waals surface area contributed by atoms with Gasteiger partial charge >= 0.3 is 10.2 Å². The molecule has 0 amide bonds. The fourth-order valence-corrected chi connectivity index (χ4v) is 3.64. The highest BCUT2D eigenvalue weighted by Crippen LogP contribution is 2.22. The van der Waals surface area contributed by atoms with E-state index in [1.807, 2.05) is 19.9 Å². The Morgan fingerprint density at radius 3 is 2.52 bits per heavy atom. The molecule has 1 aromatic heterocycles. The van der Waals surface area contributed by atoms with Crippen LogP contribution in [0.5, 0.6) is 5.75 Å². The Hall–Kier alpha value is -2.19. The van der Waals surface area contributed by atoms with Gasteiger partial charge < -0.3 is 4.74 Å². The number of halogens is 1. The number of aromatic nitrogens is 1. The molecule has 1 aliphatic heterocycles. The van der Waals surface area contributed by atoms with E-state index >= 15 is 0 Å². The van der Waals surface area contributed by atoms with E-state index < -0.39 is 10.2 Å². The first-order valence-corrected chi connectivity index (χ1v) is 9.44. The van der Waals surface area contributed by atoms with Crippen LogP contribution in [0.25, 0.3) is 0 Å². The maximum Gasteiger partial charge on any atom is 0.303 e. The van der Waals surface area contributed by atoms with Crippen LogP contribution in [0.3, 0.4) is 0 Å². The lowest BCUT2D eigenvalue weighted by Crippen LogP contribution is -2.57. The van der Waals surface area contributed by atoms with Gasteiger partial charge in [0.1, 0.15) is 23.5 Å². The normalized spacial score (nSPS) is 15.8. The monoisotopic (exact) mass is 365 g/mol. The highest BCUT2D eigenvalue weighted by molar-refractivity contribution is 7.90. The van der Waals surface area contributed by atoms with Crippen LogP contribution in [0.15, 0.2) is 42.5 Å². The number of hydrogen-bond acceptors (Lipinski definition) is 4. The van der Waals surface area contributed by atoms with Crippen LogP contribution in [0.4, 0.5) is 10.2 Å². The number of hydrogen-bond donors (Lipinski definition) is 1. The van der Waals surface area contributed by atoms with Gasteiger partial charge in [0.25, 0.3) is 0 Å². The minimum atomic E-state index is -3.67. The number of ether oxygens (including phenoxy) is 1. The van der Waals surface area contributed by atoms with Crippen molar-refractivity contribution in [1.82, 2.24) is 9.29 Å². The number of pyridine rings is 1. The van der Waals surface area contributed by atoms with Crippen molar-refractivity contribution in [3.8, 4) is 5.75 Å². The zero-order valence-corrected chi connectivity index (χ0v) is 14.8. The van der Waals surface area contributed by atoms with Gasteiger partial charge in [-0.05, 0) is 42.3 Å². The predicted molar refractivity (Wildman–Crippen MR) is 93.3 cm³/mol. The van der Waals surface area contributed by atoms with E-state index in [0.29, 0.717) is 11.6 Å². The number of anilines is 1. The SMILES string of the molecule is CC(C)c1cccc(NS(=O)(=O)N2CC(Oc3ccc(F)cc3)C2)n1. The van der Waals surface area contributed by atoms with Crippen molar-refractivity contribution >= 4 is 16.0 Å². The van der Waals surface area contributed by atoms with Crippen molar-refractivity contribution in [3.63, 3.8) is 0 Å². The quantitative estimate of drug-likeness (QED) is 0.854. The molecule has 3 rings (SSSR count). The molecule has 0 spiro atoms. The third-order valence-corrected chi connectivity index (χ3v) is 5.31. The van der Waals surface area contributed by atoms with Crippen LogP contribution < -0.4 is 9.46 Å². The summed E-state index contributed by atoms with van der Waals surface area (Å²) in [5.41, 5.74) is 0.821. The molecular weight excluding hydrogens is 345 g/mol. The minimum absolute atomic E-state index is 0.210. The molecule has 0 unspecified atom stereocenters. The van der Waals surface area contributed by atoms with E-state index in [1.165, 1.54) is 28.6 Å². The molecule has 1 saturated heterocycles. The van der Waals surface area contributed by atoms with Crippen molar-refractivity contribution in [2.24, 2.45) is 0 Å². The summed E-state index contributed by atoms with van der Waals surface area (Å²) in [6.45, 7) is 4.45. The van der Waals surface area contributed by atoms with E-state index in [1.54, 1.807) is 12.1 Å². The first kappa shape index (κ1) is 17.6. The van der Waals surface area contributed by atoms with Crippen molar-refractivity contribution in [3.05, 3.63) is 54.0 Å². The number of rotatable bonds is 6. The summed E-state index contributed by atoms with van der Waals surface area (Å²) in [6.07, 6.45) is -0.253. The molecular formula is C17H20FN3O3S. The van der Waals surface area contributed by atoms with Gasteiger partial charge in [0.2, 0.25) is 0 Å². The van der Waals surface area contributed by atoms with Crippen LogP contribution in [0.1, 0.15) is 25.5 Å². The summed E-state index contributed by atoms with van der Waals surface area (Å²) in [5.74, 6) is 0.684. The summed E-state index contributed by atoms with van der Waals surface area (Å²) < 4.78 is 47.0. The van der Waals surface area contributed by atoms with E-state index in [4.69, 9.17) is 4.74 Å². The number of nitrogens with one attached hydrogen (secondary N) is 1. The van der Waals surface area contributed by atoms with Gasteiger partial charge in [0.05, 0.1) is 13.1 Å². The van der Waals surface area contributed by atoms with E-state index in [9.17, 15) is 12.8 Å². The van der Waals surface area contributed by atoms with Crippen molar-refractivity contribution in [1.29, 1.82) is 0 Å². The lowest BCUT2D eigenvalue weighted by atomic mass is 10.1. The molecule has 0 aliphatic carbocycles. The molecule has 1 aromatic carbocycles. The Labute approximate surface area is 146 Å². The fourth-order valence-electron chi connectivity index (χ4n) is 2.40. The summed E-state index contributed by atoms with van der Waals surface area (Å²) in [7, 11) is -3.67. The Morgan fingerprint density at radius 2 is 1.88 bits per heavy atom. The molecule has 8 heteroatoms. The average Bonchev–Trinajstić information content (AvgIpc) is 2.51. The molecule has 6 nitrogen and oxygen atoms in total. The van der Waals surface area contributed by atoms with Crippen molar-refractivity contribution < 1.29 is 17.5 Å². The second-order valence-corrected chi connectivity index (χ2v) is 7.89. The van der Waals surface area contributed by atoms with Crippen LogP contribution >= 0.6 is 0 Å². The molecule has 2 aromatic rings. The lowest BCUT2D eigenvalue weighted by molar-refractivity contribution is 0.0766. The topological polar surface area (TPSA) is 71.5 Å². The van der Waals surface area contributed by atoms with Gasteiger partial charge in [-0.1, -0.05) is 19.9 Å². The Kier molecular flexibility index (Phi) is 4.91. The third-order valence-electron chi connectivity index (χ3n) is 3.87. The minimum Gasteiger partial charge on any atom is -0.488 e. The molecule has 1 aliphatic rings. The van der Waals surface area contributed by atoms with Gasteiger partial charge in [0.15, 0.2) is 0 Å². The standard InChI is InChI=1S/C17H20FN3O3S/c1-12(2)16-4-3-5-17(19-16)20-25(22,23)21-10-15(11-21)24-14-8-6-13(18)7-9-14/h3-9,12,15H,10-11H2,1-2H3,(H,19,20). The molecule has 2 heterocycles. The Balaban J connectivity index is 1.57. The zero-order chi connectivity index (χ0) is 18.0. The van der Waals surface area contributed by atoms with Crippen LogP contribution in [-0.2, 0) is 10.2 Å². The van der Waals surface area contributed by atoms with Gasteiger partial charge in [0, 0.05) is 5.69 Å². The second-order valence-electron chi connectivity index (χ2n) is 6.22. The highest BCUT2D eigenvalue weighted by atomic mass is 32.2. The highest BCUT2D eigenvalue weighted by Gasteiger charge is 2.37. The maximum absolute atomic E-state index is 12.9. The zero-order valence-electron chi connectivity index (χ0n) is 14.0. The van der Waals surface area contributed by atoms with E-state index in [0.717, 1.165) is 5.69 Å². The largest absolute Gasteiger partial charge is 0.488 e. The van der Waals surface area contributed by atoms with Gasteiger partial charge in [-0.15, -0.1) is 0 Å². The van der Waals surface area contributed by atoms with Gasteiger partial charge in [-0.25, -0.2) is 9.37 Å². The van der Waals surface area contributed by atoms with Crippen LogP contribution in [0.2, 0.25) is 0 Å². The summed E-state index contributed by atoms with van der Waals surface area (Å²) in [5, 5.41) is 0. The molecule has 0 atom stereocenters. The summed E-state index contributed by atoms with van der Waals surface area (Å²) in [4.78, 5) is 4.31. The van der Waals surface area contributed by atoms with Crippen LogP contribution in [0, 0.1) is 5.82 Å². The fraction of sp³-hybridized carbons (Fsp3) is 0.353.